The normalized spacial score (nSPS) is 15.2. The standard InChI is InChI=1S/C18H13NO4/c1-9-2-4-13-12(6-9)10(8-19-13)7-15-16(21)11-3-5-14(20)17(22)18(11)23-15/h2-8,19-20,22H,1H3/b15-7-. The highest BCUT2D eigenvalue weighted by Crippen LogP contribution is 2.44. The van der Waals surface area contributed by atoms with Crippen LogP contribution in [0.4, 0.5) is 0 Å². The van der Waals surface area contributed by atoms with Gasteiger partial charge in [-0.1, -0.05) is 11.6 Å². The first-order chi connectivity index (χ1) is 11.0. The van der Waals surface area contributed by atoms with Gasteiger partial charge in [-0.15, -0.1) is 0 Å². The fourth-order valence-electron chi connectivity index (χ4n) is 2.74. The second-order valence-corrected chi connectivity index (χ2v) is 5.54. The van der Waals surface area contributed by atoms with Crippen LogP contribution < -0.4 is 4.74 Å². The molecule has 5 nitrogen and oxygen atoms in total. The molecule has 0 saturated carbocycles. The molecule has 0 amide bonds. The summed E-state index contributed by atoms with van der Waals surface area (Å²) in [6.07, 6.45) is 3.44. The van der Waals surface area contributed by atoms with Gasteiger partial charge in [-0.05, 0) is 37.3 Å². The number of fused-ring (bicyclic) bond motifs is 2. The molecule has 5 heteroatoms. The van der Waals surface area contributed by atoms with Crippen molar-refractivity contribution in [3.63, 3.8) is 0 Å². The molecule has 1 aromatic heterocycles. The lowest BCUT2D eigenvalue weighted by molar-refractivity contribution is 0.101. The maximum atomic E-state index is 12.4. The molecule has 0 unspecified atom stereocenters. The zero-order valence-electron chi connectivity index (χ0n) is 12.3. The monoisotopic (exact) mass is 307 g/mol. The van der Waals surface area contributed by atoms with E-state index in [9.17, 15) is 15.0 Å². The molecule has 23 heavy (non-hydrogen) atoms. The van der Waals surface area contributed by atoms with Crippen molar-refractivity contribution in [1.82, 2.24) is 4.98 Å². The molecule has 4 rings (SSSR count). The van der Waals surface area contributed by atoms with Gasteiger partial charge in [-0.25, -0.2) is 0 Å². The van der Waals surface area contributed by atoms with Crippen LogP contribution in [0.5, 0.6) is 17.2 Å². The number of nitrogens with one attached hydrogen (secondary N) is 1. The number of aromatic amines is 1. The summed E-state index contributed by atoms with van der Waals surface area (Å²) in [5.74, 6) is -0.951. The minimum absolute atomic E-state index is 0.00253. The SMILES string of the molecule is Cc1ccc2[nH]cc(/C=C3\Oc4c(ccc(O)c4O)C3=O)c2c1. The zero-order valence-corrected chi connectivity index (χ0v) is 12.3. The summed E-state index contributed by atoms with van der Waals surface area (Å²) in [7, 11) is 0. The van der Waals surface area contributed by atoms with Crippen LogP contribution in [0.1, 0.15) is 21.5 Å². The van der Waals surface area contributed by atoms with E-state index in [4.69, 9.17) is 4.74 Å². The summed E-state index contributed by atoms with van der Waals surface area (Å²) in [6, 6.07) is 8.71. The van der Waals surface area contributed by atoms with Gasteiger partial charge < -0.3 is 19.9 Å². The molecule has 1 aliphatic rings. The minimum atomic E-state index is -0.422. The molecule has 0 radical (unpaired) electrons. The highest BCUT2D eigenvalue weighted by atomic mass is 16.5. The third kappa shape index (κ3) is 1.97. The lowest BCUT2D eigenvalue weighted by Crippen LogP contribution is -1.97. The maximum absolute atomic E-state index is 12.4. The molecule has 2 heterocycles. The van der Waals surface area contributed by atoms with Gasteiger partial charge in [-0.2, -0.15) is 0 Å². The Hall–Kier alpha value is -3.21. The van der Waals surface area contributed by atoms with Crippen LogP contribution in [0.2, 0.25) is 0 Å². The van der Waals surface area contributed by atoms with Crippen LogP contribution in [-0.2, 0) is 0 Å². The number of hydrogen-bond acceptors (Lipinski definition) is 4. The smallest absolute Gasteiger partial charge is 0.232 e. The Morgan fingerprint density at radius 3 is 2.83 bits per heavy atom. The van der Waals surface area contributed by atoms with Crippen molar-refractivity contribution in [3.8, 4) is 17.2 Å². The van der Waals surface area contributed by atoms with Crippen LogP contribution in [0.15, 0.2) is 42.3 Å². The van der Waals surface area contributed by atoms with Gasteiger partial charge in [0.15, 0.2) is 17.3 Å². The summed E-state index contributed by atoms with van der Waals surface area (Å²) in [6.45, 7) is 2.00. The van der Waals surface area contributed by atoms with Gasteiger partial charge >= 0.3 is 0 Å². The number of carbonyl (C=O) groups is 1. The maximum Gasteiger partial charge on any atom is 0.232 e. The number of aryl methyl sites for hydroxylation is 1. The van der Waals surface area contributed by atoms with E-state index in [1.807, 2.05) is 25.1 Å². The quantitative estimate of drug-likeness (QED) is 0.474. The van der Waals surface area contributed by atoms with E-state index in [0.717, 1.165) is 22.0 Å². The van der Waals surface area contributed by atoms with Crippen molar-refractivity contribution in [1.29, 1.82) is 0 Å². The van der Waals surface area contributed by atoms with Gasteiger partial charge in [0.25, 0.3) is 0 Å². The number of aromatic hydroxyl groups is 2. The molecule has 0 atom stereocenters. The summed E-state index contributed by atoms with van der Waals surface area (Å²) < 4.78 is 5.47. The average molecular weight is 307 g/mol. The molecule has 0 fully saturated rings. The third-order valence-corrected chi connectivity index (χ3v) is 3.95. The number of benzene rings is 2. The van der Waals surface area contributed by atoms with E-state index < -0.39 is 5.75 Å². The fourth-order valence-corrected chi connectivity index (χ4v) is 2.74. The molecular weight excluding hydrogens is 294 g/mol. The number of allylic oxidation sites excluding steroid dienone is 1. The molecule has 2 aromatic carbocycles. The van der Waals surface area contributed by atoms with Crippen LogP contribution in [0.25, 0.3) is 17.0 Å². The van der Waals surface area contributed by atoms with E-state index in [1.54, 1.807) is 12.3 Å². The summed E-state index contributed by atoms with van der Waals surface area (Å²) in [5, 5.41) is 20.3. The highest BCUT2D eigenvalue weighted by molar-refractivity contribution is 6.15. The van der Waals surface area contributed by atoms with Crippen molar-refractivity contribution in [2.24, 2.45) is 0 Å². The second-order valence-electron chi connectivity index (χ2n) is 5.54. The Kier molecular flexibility index (Phi) is 2.72. The van der Waals surface area contributed by atoms with Gasteiger partial charge in [0, 0.05) is 22.7 Å². The van der Waals surface area contributed by atoms with Gasteiger partial charge in [0.1, 0.15) is 0 Å². The van der Waals surface area contributed by atoms with Crippen molar-refractivity contribution < 1.29 is 19.7 Å². The number of Topliss-reactive ketones (excluding diaryl/α,β-unsaturated/α-hetero) is 1. The average Bonchev–Trinajstić information content (AvgIpc) is 3.06. The van der Waals surface area contributed by atoms with Crippen LogP contribution >= 0.6 is 0 Å². The highest BCUT2D eigenvalue weighted by Gasteiger charge is 2.31. The molecular formula is C18H13NO4. The number of phenols is 2. The molecule has 0 spiro atoms. The topological polar surface area (TPSA) is 82.6 Å². The second kappa shape index (κ2) is 4.64. The van der Waals surface area contributed by atoms with Crippen molar-refractivity contribution in [3.05, 3.63) is 59.0 Å². The predicted octanol–water partition coefficient (Wildman–Crippen LogP) is 3.50. The number of aromatic nitrogens is 1. The summed E-state index contributed by atoms with van der Waals surface area (Å²) >= 11 is 0. The summed E-state index contributed by atoms with van der Waals surface area (Å²) in [5.41, 5.74) is 3.14. The first-order valence-corrected chi connectivity index (χ1v) is 7.11. The fraction of sp³-hybridized carbons (Fsp3) is 0.0556. The van der Waals surface area contributed by atoms with E-state index >= 15 is 0 Å². The van der Waals surface area contributed by atoms with Crippen LogP contribution in [0, 0.1) is 6.92 Å². The van der Waals surface area contributed by atoms with E-state index in [2.05, 4.69) is 4.98 Å². The Labute approximate surface area is 131 Å². The largest absolute Gasteiger partial charge is 0.504 e. The first-order valence-electron chi connectivity index (χ1n) is 7.11. The Morgan fingerprint density at radius 2 is 2.00 bits per heavy atom. The molecule has 114 valence electrons. The minimum Gasteiger partial charge on any atom is -0.504 e. The van der Waals surface area contributed by atoms with Crippen LogP contribution in [0.3, 0.4) is 0 Å². The lowest BCUT2D eigenvalue weighted by Gasteiger charge is -2.02. The Bertz CT molecular complexity index is 998. The van der Waals surface area contributed by atoms with Gasteiger partial charge in [-0.3, -0.25) is 4.79 Å². The predicted molar refractivity (Wildman–Crippen MR) is 85.7 cm³/mol. The molecule has 3 N–H and O–H groups in total. The van der Waals surface area contributed by atoms with E-state index in [-0.39, 0.29) is 28.6 Å². The molecule has 1 aliphatic heterocycles. The number of ketones is 1. The van der Waals surface area contributed by atoms with Gasteiger partial charge in [0.2, 0.25) is 11.5 Å². The van der Waals surface area contributed by atoms with Crippen LogP contribution in [-0.4, -0.2) is 21.0 Å². The Balaban J connectivity index is 1.82. The summed E-state index contributed by atoms with van der Waals surface area (Å²) in [4.78, 5) is 15.5. The zero-order chi connectivity index (χ0) is 16.1. The Morgan fingerprint density at radius 1 is 1.17 bits per heavy atom. The number of hydrogen-bond donors (Lipinski definition) is 3. The third-order valence-electron chi connectivity index (χ3n) is 3.95. The number of ether oxygens (including phenoxy) is 1. The molecule has 0 bridgehead atoms. The number of phenolic OH excluding ortho intramolecular Hbond substituents is 2. The van der Waals surface area contributed by atoms with E-state index in [0.29, 0.717) is 0 Å². The number of rotatable bonds is 1. The first kappa shape index (κ1) is 13.5. The molecule has 0 saturated heterocycles. The molecule has 3 aromatic rings. The lowest BCUT2D eigenvalue weighted by atomic mass is 10.1. The van der Waals surface area contributed by atoms with Crippen molar-refractivity contribution in [2.45, 2.75) is 6.92 Å². The van der Waals surface area contributed by atoms with Crippen molar-refractivity contribution in [2.75, 3.05) is 0 Å². The molecule has 0 aliphatic carbocycles. The number of H-pyrrole nitrogens is 1. The van der Waals surface area contributed by atoms with E-state index in [1.165, 1.54) is 12.1 Å². The number of carbonyl (C=O) groups excluding carboxylic acids is 1. The van der Waals surface area contributed by atoms with Gasteiger partial charge in [0.05, 0.1) is 5.56 Å². The van der Waals surface area contributed by atoms with Crippen molar-refractivity contribution >= 4 is 22.8 Å².